The molecule has 3 fully saturated rings. The molecule has 2 atom stereocenters. The second kappa shape index (κ2) is 9.76. The average molecular weight is 391 g/mol. The van der Waals surface area contributed by atoms with Gasteiger partial charge in [-0.3, -0.25) is 9.59 Å². The number of ketones is 1. The topological polar surface area (TPSA) is 43.4 Å². The van der Waals surface area contributed by atoms with Crippen LogP contribution in [0.3, 0.4) is 0 Å². The van der Waals surface area contributed by atoms with Gasteiger partial charge in [-0.05, 0) is 94.3 Å². The molecule has 0 radical (unpaired) electrons. The molecule has 3 aliphatic rings. The van der Waals surface area contributed by atoms with E-state index in [1.54, 1.807) is 0 Å². The fourth-order valence-electron chi connectivity index (χ4n) is 6.31. The number of rotatable bonds is 6. The summed E-state index contributed by atoms with van der Waals surface area (Å²) >= 11 is 0. The lowest BCUT2D eigenvalue weighted by atomic mass is 9.62. The highest BCUT2D eigenvalue weighted by atomic mass is 16.5. The molecule has 0 spiro atoms. The van der Waals surface area contributed by atoms with Gasteiger partial charge in [-0.2, -0.15) is 0 Å². The maximum Gasteiger partial charge on any atom is 0.319 e. The molecule has 3 nitrogen and oxygen atoms in total. The molecule has 3 saturated carbocycles. The van der Waals surface area contributed by atoms with Gasteiger partial charge in [0.2, 0.25) is 0 Å². The Hall–Kier alpha value is -0.860. The molecule has 0 N–H and O–H groups in total. The molecule has 0 heterocycles. The summed E-state index contributed by atoms with van der Waals surface area (Å²) < 4.78 is 5.32. The van der Waals surface area contributed by atoms with Crippen molar-refractivity contribution in [2.75, 3.05) is 6.61 Å². The number of hydrogen-bond acceptors (Lipinski definition) is 3. The minimum Gasteiger partial charge on any atom is -0.465 e. The van der Waals surface area contributed by atoms with Crippen molar-refractivity contribution in [1.29, 1.82) is 0 Å². The molecule has 160 valence electrons. The Balaban J connectivity index is 1.46. The summed E-state index contributed by atoms with van der Waals surface area (Å²) in [5.41, 5.74) is -0.888. The molecular weight excluding hydrogens is 348 g/mol. The van der Waals surface area contributed by atoms with E-state index in [9.17, 15) is 9.59 Å². The second-order valence-electron chi connectivity index (χ2n) is 10.3. The van der Waals surface area contributed by atoms with E-state index in [1.165, 1.54) is 57.8 Å². The van der Waals surface area contributed by atoms with Gasteiger partial charge in [0.1, 0.15) is 11.2 Å². The van der Waals surface area contributed by atoms with Crippen LogP contribution in [-0.4, -0.2) is 18.4 Å². The van der Waals surface area contributed by atoms with Crippen molar-refractivity contribution in [2.24, 2.45) is 35.0 Å². The summed E-state index contributed by atoms with van der Waals surface area (Å²) in [4.78, 5) is 25.2. The molecule has 0 aliphatic heterocycles. The quantitative estimate of drug-likeness (QED) is 0.393. The van der Waals surface area contributed by atoms with E-state index >= 15 is 0 Å². The second-order valence-corrected chi connectivity index (χ2v) is 10.3. The zero-order valence-electron chi connectivity index (χ0n) is 18.5. The van der Waals surface area contributed by atoms with Gasteiger partial charge in [0.15, 0.2) is 0 Å². The molecule has 0 amide bonds. The van der Waals surface area contributed by atoms with Gasteiger partial charge < -0.3 is 4.74 Å². The highest BCUT2D eigenvalue weighted by molar-refractivity contribution is 6.03. The summed E-state index contributed by atoms with van der Waals surface area (Å²) in [6.45, 7) is 6.57. The van der Waals surface area contributed by atoms with Crippen LogP contribution in [0.15, 0.2) is 0 Å². The molecule has 0 unspecified atom stereocenters. The van der Waals surface area contributed by atoms with Gasteiger partial charge in [0.25, 0.3) is 0 Å². The number of ether oxygens (including phenoxy) is 1. The molecule has 0 saturated heterocycles. The Kier molecular flexibility index (Phi) is 7.61. The van der Waals surface area contributed by atoms with Gasteiger partial charge in [0.05, 0.1) is 6.61 Å². The van der Waals surface area contributed by atoms with E-state index in [1.807, 2.05) is 13.8 Å². The first-order chi connectivity index (χ1) is 13.5. The standard InChI is InChI=1S/C25H42O3/c1-4-16-28-24(27)25(3)15-14-22(17-23(25)26)21-12-10-20(11-13-21)19-8-6-18(5-2)7-9-19/h18-22H,4-17H2,1-3H3/t18-,19-,20?,21?,22-,25+/m1/s1. The van der Waals surface area contributed by atoms with Crippen LogP contribution in [0.2, 0.25) is 0 Å². The van der Waals surface area contributed by atoms with Crippen LogP contribution in [-0.2, 0) is 14.3 Å². The maximum absolute atomic E-state index is 12.8. The van der Waals surface area contributed by atoms with Crippen LogP contribution in [0.5, 0.6) is 0 Å². The molecule has 0 bridgehead atoms. The Morgan fingerprint density at radius 2 is 1.43 bits per heavy atom. The number of Topliss-reactive ketones (excluding diaryl/α,β-unsaturated/α-hetero) is 1. The Morgan fingerprint density at radius 3 is 1.93 bits per heavy atom. The molecule has 0 aromatic heterocycles. The summed E-state index contributed by atoms with van der Waals surface area (Å²) in [6.07, 6.45) is 15.6. The van der Waals surface area contributed by atoms with E-state index in [4.69, 9.17) is 4.74 Å². The molecule has 3 aliphatic carbocycles. The van der Waals surface area contributed by atoms with Crippen molar-refractivity contribution < 1.29 is 14.3 Å². The van der Waals surface area contributed by atoms with E-state index in [-0.39, 0.29) is 11.8 Å². The summed E-state index contributed by atoms with van der Waals surface area (Å²) in [5.74, 6) is 3.92. The van der Waals surface area contributed by atoms with Crippen LogP contribution in [0, 0.1) is 35.0 Å². The van der Waals surface area contributed by atoms with Crippen LogP contribution in [0.1, 0.15) is 104 Å². The SMILES string of the molecule is CCCOC(=O)[C@@]1(C)CC[C@@H](C2CCC([C@H]3CC[C@H](CC)CC3)CC2)CC1=O. The zero-order valence-corrected chi connectivity index (χ0v) is 18.5. The van der Waals surface area contributed by atoms with Crippen molar-refractivity contribution in [3.63, 3.8) is 0 Å². The lowest BCUT2D eigenvalue weighted by Gasteiger charge is -2.42. The molecular formula is C25H42O3. The number of esters is 1. The van der Waals surface area contributed by atoms with Crippen LogP contribution >= 0.6 is 0 Å². The van der Waals surface area contributed by atoms with Crippen LogP contribution in [0.4, 0.5) is 0 Å². The van der Waals surface area contributed by atoms with Gasteiger partial charge in [-0.1, -0.05) is 33.1 Å². The van der Waals surface area contributed by atoms with Crippen molar-refractivity contribution in [2.45, 2.75) is 104 Å². The number of hydrogen-bond donors (Lipinski definition) is 0. The molecule has 0 aromatic rings. The van der Waals surface area contributed by atoms with E-state index in [0.717, 1.165) is 30.6 Å². The minimum atomic E-state index is -0.888. The van der Waals surface area contributed by atoms with Crippen molar-refractivity contribution in [3.8, 4) is 0 Å². The Labute approximate surface area is 172 Å². The van der Waals surface area contributed by atoms with Crippen molar-refractivity contribution >= 4 is 11.8 Å². The predicted octanol–water partition coefficient (Wildman–Crippen LogP) is 6.34. The largest absolute Gasteiger partial charge is 0.465 e. The first kappa shape index (κ1) is 21.8. The Bertz CT molecular complexity index is 526. The highest BCUT2D eigenvalue weighted by Crippen LogP contribution is 2.47. The third-order valence-corrected chi connectivity index (χ3v) is 8.58. The third-order valence-electron chi connectivity index (χ3n) is 8.58. The van der Waals surface area contributed by atoms with E-state index in [0.29, 0.717) is 31.3 Å². The maximum atomic E-state index is 12.8. The average Bonchev–Trinajstić information content (AvgIpc) is 2.74. The normalized spacial score (nSPS) is 39.5. The van der Waals surface area contributed by atoms with Gasteiger partial charge in [0, 0.05) is 6.42 Å². The van der Waals surface area contributed by atoms with Crippen molar-refractivity contribution in [3.05, 3.63) is 0 Å². The summed E-state index contributed by atoms with van der Waals surface area (Å²) in [5, 5.41) is 0. The lowest BCUT2D eigenvalue weighted by molar-refractivity contribution is -0.162. The zero-order chi connectivity index (χ0) is 20.1. The van der Waals surface area contributed by atoms with E-state index in [2.05, 4.69) is 6.92 Å². The van der Waals surface area contributed by atoms with Gasteiger partial charge in [-0.15, -0.1) is 0 Å². The lowest BCUT2D eigenvalue weighted by Crippen LogP contribution is -2.44. The first-order valence-electron chi connectivity index (χ1n) is 12.2. The summed E-state index contributed by atoms with van der Waals surface area (Å²) in [7, 11) is 0. The third kappa shape index (κ3) is 4.82. The van der Waals surface area contributed by atoms with Crippen molar-refractivity contribution in [1.82, 2.24) is 0 Å². The first-order valence-corrected chi connectivity index (χ1v) is 12.2. The Morgan fingerprint density at radius 1 is 0.893 bits per heavy atom. The number of carbonyl (C=O) groups excluding carboxylic acids is 2. The van der Waals surface area contributed by atoms with Gasteiger partial charge in [-0.25, -0.2) is 0 Å². The minimum absolute atomic E-state index is 0.130. The van der Waals surface area contributed by atoms with Crippen LogP contribution in [0.25, 0.3) is 0 Å². The fraction of sp³-hybridized carbons (Fsp3) is 0.920. The number of carbonyl (C=O) groups is 2. The molecule has 3 rings (SSSR count). The van der Waals surface area contributed by atoms with E-state index < -0.39 is 5.41 Å². The summed E-state index contributed by atoms with van der Waals surface area (Å²) in [6, 6.07) is 0. The predicted molar refractivity (Wildman–Crippen MR) is 113 cm³/mol. The smallest absolute Gasteiger partial charge is 0.319 e. The monoisotopic (exact) mass is 390 g/mol. The molecule has 28 heavy (non-hydrogen) atoms. The van der Waals surface area contributed by atoms with Crippen LogP contribution < -0.4 is 0 Å². The molecule has 3 heteroatoms. The molecule has 0 aromatic carbocycles. The highest BCUT2D eigenvalue weighted by Gasteiger charge is 2.47. The fourth-order valence-corrected chi connectivity index (χ4v) is 6.31. The van der Waals surface area contributed by atoms with Gasteiger partial charge >= 0.3 is 5.97 Å².